The smallest absolute Gasteiger partial charge is 0.251 e. The van der Waals surface area contributed by atoms with Gasteiger partial charge >= 0.3 is 0 Å². The van der Waals surface area contributed by atoms with Gasteiger partial charge in [0.25, 0.3) is 5.91 Å². The second-order valence-corrected chi connectivity index (χ2v) is 9.02. The van der Waals surface area contributed by atoms with Crippen LogP contribution in [0.3, 0.4) is 0 Å². The lowest BCUT2D eigenvalue weighted by Crippen LogP contribution is -2.31. The molecule has 5 nitrogen and oxygen atoms in total. The van der Waals surface area contributed by atoms with Gasteiger partial charge < -0.3 is 19.4 Å². The average molecular weight is 445 g/mol. The lowest BCUT2D eigenvalue weighted by Gasteiger charge is -2.16. The fraction of sp³-hybridized carbons (Fsp3) is 0.393. The standard InChI is InChI=1S/C28H32N2O3/c1-32-24-9-5-8-21(17-24)27-18-22-7-3-2-4-11-26(22)30(27)23-14-12-20(13-15-23)28(31)29-19-25-10-6-16-33-25/h5,8-9,12-15,17-18,25H,2-4,6-7,10-11,16,19H2,1H3,(H,29,31)/t25-/m0/s1. The summed E-state index contributed by atoms with van der Waals surface area (Å²) in [5.41, 5.74) is 6.91. The van der Waals surface area contributed by atoms with Crippen LogP contribution in [0, 0.1) is 0 Å². The molecular formula is C28H32N2O3. The maximum absolute atomic E-state index is 12.6. The monoisotopic (exact) mass is 444 g/mol. The SMILES string of the molecule is COc1cccc(-c2cc3c(n2-c2ccc(C(=O)NC[C@@H]4CCCO4)cc2)CCCCC3)c1. The number of fused-ring (bicyclic) bond motifs is 1. The number of hydrogen-bond acceptors (Lipinski definition) is 3. The third-order valence-corrected chi connectivity index (χ3v) is 6.82. The molecule has 0 unspecified atom stereocenters. The number of benzene rings is 2. The number of rotatable bonds is 6. The van der Waals surface area contributed by atoms with Gasteiger partial charge in [-0.25, -0.2) is 0 Å². The van der Waals surface area contributed by atoms with E-state index in [1.165, 1.54) is 36.2 Å². The van der Waals surface area contributed by atoms with E-state index in [0.29, 0.717) is 12.1 Å². The van der Waals surface area contributed by atoms with Gasteiger partial charge in [-0.3, -0.25) is 4.79 Å². The highest BCUT2D eigenvalue weighted by Crippen LogP contribution is 2.34. The summed E-state index contributed by atoms with van der Waals surface area (Å²) in [6.07, 6.45) is 8.14. The van der Waals surface area contributed by atoms with Crippen molar-refractivity contribution in [3.8, 4) is 22.7 Å². The van der Waals surface area contributed by atoms with Crippen molar-refractivity contribution >= 4 is 5.91 Å². The second kappa shape index (κ2) is 9.84. The summed E-state index contributed by atoms with van der Waals surface area (Å²) in [6.45, 7) is 1.37. The molecule has 2 aliphatic rings. The second-order valence-electron chi connectivity index (χ2n) is 9.02. The van der Waals surface area contributed by atoms with Crippen LogP contribution < -0.4 is 10.1 Å². The fourth-order valence-corrected chi connectivity index (χ4v) is 5.04. The number of nitrogens with zero attached hydrogens (tertiary/aromatic N) is 1. The molecule has 1 aromatic heterocycles. The van der Waals surface area contributed by atoms with Crippen LogP contribution in [0.2, 0.25) is 0 Å². The predicted octanol–water partition coefficient (Wildman–Crippen LogP) is 5.33. The minimum atomic E-state index is -0.0450. The maximum Gasteiger partial charge on any atom is 0.251 e. The minimum Gasteiger partial charge on any atom is -0.497 e. The first-order valence-electron chi connectivity index (χ1n) is 12.1. The van der Waals surface area contributed by atoms with Gasteiger partial charge in [0.1, 0.15) is 5.75 Å². The molecule has 1 saturated heterocycles. The first kappa shape index (κ1) is 21.8. The number of amides is 1. The van der Waals surface area contributed by atoms with Crippen LogP contribution in [0.4, 0.5) is 0 Å². The zero-order chi connectivity index (χ0) is 22.6. The third kappa shape index (κ3) is 4.69. The van der Waals surface area contributed by atoms with E-state index in [1.54, 1.807) is 7.11 Å². The van der Waals surface area contributed by atoms with Crippen LogP contribution in [0.25, 0.3) is 16.9 Å². The minimum absolute atomic E-state index is 0.0450. The number of carbonyl (C=O) groups is 1. The Morgan fingerprint density at radius 3 is 2.70 bits per heavy atom. The Bertz CT molecular complexity index is 1110. The summed E-state index contributed by atoms with van der Waals surface area (Å²) >= 11 is 0. The van der Waals surface area contributed by atoms with Gasteiger partial charge in [0.2, 0.25) is 0 Å². The Morgan fingerprint density at radius 1 is 1.06 bits per heavy atom. The van der Waals surface area contributed by atoms with E-state index in [4.69, 9.17) is 9.47 Å². The summed E-state index contributed by atoms with van der Waals surface area (Å²) in [6, 6.07) is 18.6. The first-order chi connectivity index (χ1) is 16.2. The van der Waals surface area contributed by atoms with Gasteiger partial charge in [0.05, 0.1) is 18.9 Å². The molecule has 172 valence electrons. The molecule has 1 N–H and O–H groups in total. The van der Waals surface area contributed by atoms with E-state index >= 15 is 0 Å². The Hall–Kier alpha value is -3.05. The number of nitrogens with one attached hydrogen (secondary N) is 1. The molecule has 1 aliphatic heterocycles. The molecule has 5 rings (SSSR count). The van der Waals surface area contributed by atoms with Crippen LogP contribution in [0.15, 0.2) is 54.6 Å². The quantitative estimate of drug-likeness (QED) is 0.523. The molecule has 0 saturated carbocycles. The van der Waals surface area contributed by atoms with Gasteiger partial charge in [-0.05, 0) is 86.6 Å². The van der Waals surface area contributed by atoms with Gasteiger partial charge in [-0.15, -0.1) is 0 Å². The number of carbonyl (C=O) groups excluding carboxylic acids is 1. The predicted molar refractivity (Wildman–Crippen MR) is 130 cm³/mol. The van der Waals surface area contributed by atoms with Crippen LogP contribution in [-0.4, -0.2) is 36.8 Å². The highest BCUT2D eigenvalue weighted by Gasteiger charge is 2.20. The average Bonchev–Trinajstić information content (AvgIpc) is 3.45. The highest BCUT2D eigenvalue weighted by molar-refractivity contribution is 5.94. The van der Waals surface area contributed by atoms with Crippen LogP contribution in [-0.2, 0) is 17.6 Å². The van der Waals surface area contributed by atoms with E-state index in [1.807, 2.05) is 24.3 Å². The Kier molecular flexibility index (Phi) is 6.49. The van der Waals surface area contributed by atoms with Crippen molar-refractivity contribution in [2.45, 2.75) is 51.0 Å². The largest absolute Gasteiger partial charge is 0.497 e. The van der Waals surface area contributed by atoms with Crippen molar-refractivity contribution in [2.24, 2.45) is 0 Å². The first-order valence-corrected chi connectivity index (χ1v) is 12.1. The maximum atomic E-state index is 12.6. The molecule has 1 atom stereocenters. The molecule has 5 heteroatoms. The van der Waals surface area contributed by atoms with E-state index in [0.717, 1.165) is 49.3 Å². The highest BCUT2D eigenvalue weighted by atomic mass is 16.5. The molecule has 1 aliphatic carbocycles. The zero-order valence-corrected chi connectivity index (χ0v) is 19.3. The van der Waals surface area contributed by atoms with Crippen LogP contribution >= 0.6 is 0 Å². The summed E-state index contributed by atoms with van der Waals surface area (Å²) in [7, 11) is 1.70. The van der Waals surface area contributed by atoms with E-state index in [9.17, 15) is 4.79 Å². The molecule has 1 fully saturated rings. The van der Waals surface area contributed by atoms with Crippen molar-refractivity contribution in [1.82, 2.24) is 9.88 Å². The van der Waals surface area contributed by atoms with E-state index in [-0.39, 0.29) is 12.0 Å². The number of aromatic nitrogens is 1. The summed E-state index contributed by atoms with van der Waals surface area (Å²) < 4.78 is 13.5. The lowest BCUT2D eigenvalue weighted by atomic mass is 10.1. The molecular weight excluding hydrogens is 412 g/mol. The number of methoxy groups -OCH3 is 1. The molecule has 2 aromatic carbocycles. The topological polar surface area (TPSA) is 52.5 Å². The third-order valence-electron chi connectivity index (χ3n) is 6.82. The number of hydrogen-bond donors (Lipinski definition) is 1. The molecule has 33 heavy (non-hydrogen) atoms. The molecule has 3 aromatic rings. The summed E-state index contributed by atoms with van der Waals surface area (Å²) in [4.78, 5) is 12.6. The van der Waals surface area contributed by atoms with Crippen molar-refractivity contribution in [2.75, 3.05) is 20.3 Å². The Balaban J connectivity index is 1.46. The lowest BCUT2D eigenvalue weighted by molar-refractivity contribution is 0.0858. The van der Waals surface area contributed by atoms with E-state index < -0.39 is 0 Å². The van der Waals surface area contributed by atoms with Gasteiger partial charge in [0.15, 0.2) is 0 Å². The fourth-order valence-electron chi connectivity index (χ4n) is 5.04. The Morgan fingerprint density at radius 2 is 1.91 bits per heavy atom. The number of ether oxygens (including phenoxy) is 2. The molecule has 0 bridgehead atoms. The summed E-state index contributed by atoms with van der Waals surface area (Å²) in [5.74, 6) is 0.810. The van der Waals surface area contributed by atoms with Gasteiger partial charge in [-0.2, -0.15) is 0 Å². The molecule has 0 radical (unpaired) electrons. The molecule has 2 heterocycles. The molecule has 1 amide bonds. The summed E-state index contributed by atoms with van der Waals surface area (Å²) in [5, 5.41) is 3.02. The van der Waals surface area contributed by atoms with E-state index in [2.05, 4.69) is 40.2 Å². The van der Waals surface area contributed by atoms with Crippen LogP contribution in [0.1, 0.15) is 53.7 Å². The number of aryl methyl sites for hydroxylation is 1. The van der Waals surface area contributed by atoms with Gasteiger partial charge in [0, 0.05) is 35.7 Å². The van der Waals surface area contributed by atoms with Crippen molar-refractivity contribution in [3.05, 3.63) is 71.4 Å². The van der Waals surface area contributed by atoms with Crippen molar-refractivity contribution in [1.29, 1.82) is 0 Å². The van der Waals surface area contributed by atoms with Crippen LogP contribution in [0.5, 0.6) is 5.75 Å². The Labute approximate surface area is 195 Å². The van der Waals surface area contributed by atoms with Crippen molar-refractivity contribution < 1.29 is 14.3 Å². The normalized spacial score (nSPS) is 17.9. The van der Waals surface area contributed by atoms with Gasteiger partial charge in [-0.1, -0.05) is 18.6 Å². The van der Waals surface area contributed by atoms with Crippen molar-refractivity contribution in [3.63, 3.8) is 0 Å². The zero-order valence-electron chi connectivity index (χ0n) is 19.3. The molecule has 0 spiro atoms.